The Labute approximate surface area is 86.4 Å². The van der Waals surface area contributed by atoms with Crippen molar-refractivity contribution in [3.05, 3.63) is 12.2 Å². The van der Waals surface area contributed by atoms with Gasteiger partial charge in [-0.2, -0.15) is 0 Å². The van der Waals surface area contributed by atoms with Gasteiger partial charge in [-0.3, -0.25) is 4.79 Å². The lowest BCUT2D eigenvalue weighted by Crippen LogP contribution is -2.26. The third-order valence-electron chi connectivity index (χ3n) is 2.47. The Kier molecular flexibility index (Phi) is 4.14. The number of likely N-dealkylation sites (N-methyl/N-ethyl adjacent to an activating group) is 1. The van der Waals surface area contributed by atoms with E-state index < -0.39 is 0 Å². The minimum absolute atomic E-state index is 0.163. The Bertz CT molecular complexity index is 223. The van der Waals surface area contributed by atoms with Crippen LogP contribution in [0.5, 0.6) is 0 Å². The molecule has 1 rings (SSSR count). The molecule has 0 aliphatic carbocycles. The lowest BCUT2D eigenvalue weighted by molar-refractivity contribution is -0.125. The Hall–Kier alpha value is -0.830. The van der Waals surface area contributed by atoms with Crippen LogP contribution in [0.4, 0.5) is 0 Å². The minimum Gasteiger partial charge on any atom is -0.339 e. The summed E-state index contributed by atoms with van der Waals surface area (Å²) in [5, 5.41) is 0. The first-order valence-electron chi connectivity index (χ1n) is 5.19. The van der Waals surface area contributed by atoms with Crippen LogP contribution in [0.3, 0.4) is 0 Å². The van der Waals surface area contributed by atoms with Gasteiger partial charge in [0.1, 0.15) is 0 Å². The second kappa shape index (κ2) is 5.15. The van der Waals surface area contributed by atoms with Gasteiger partial charge in [-0.05, 0) is 26.4 Å². The molecule has 3 nitrogen and oxygen atoms in total. The summed E-state index contributed by atoms with van der Waals surface area (Å²) in [5.74, 6) is 0.831. The molecule has 0 spiro atoms. The van der Waals surface area contributed by atoms with Crippen molar-refractivity contribution in [3.63, 3.8) is 0 Å². The molecule has 0 aromatic rings. The SMILES string of the molecule is C[C@H]1CCN(C(=O)/C=C/CN(C)C)C1. The molecule has 0 radical (unpaired) electrons. The highest BCUT2D eigenvalue weighted by atomic mass is 16.2. The summed E-state index contributed by atoms with van der Waals surface area (Å²) < 4.78 is 0. The van der Waals surface area contributed by atoms with Crippen molar-refractivity contribution >= 4 is 5.91 Å². The Morgan fingerprint density at radius 3 is 2.79 bits per heavy atom. The molecule has 14 heavy (non-hydrogen) atoms. The fourth-order valence-corrected chi connectivity index (χ4v) is 1.60. The number of amides is 1. The third-order valence-corrected chi connectivity index (χ3v) is 2.47. The normalized spacial score (nSPS) is 22.6. The lowest BCUT2D eigenvalue weighted by atomic mass is 10.2. The van der Waals surface area contributed by atoms with Crippen molar-refractivity contribution < 1.29 is 4.79 Å². The molecule has 1 aliphatic heterocycles. The van der Waals surface area contributed by atoms with Crippen LogP contribution in [-0.4, -0.2) is 49.4 Å². The van der Waals surface area contributed by atoms with Crippen LogP contribution < -0.4 is 0 Å². The van der Waals surface area contributed by atoms with Gasteiger partial charge in [0.05, 0.1) is 0 Å². The topological polar surface area (TPSA) is 23.6 Å². The summed E-state index contributed by atoms with van der Waals surface area (Å²) >= 11 is 0. The van der Waals surface area contributed by atoms with Crippen LogP contribution in [0.25, 0.3) is 0 Å². The van der Waals surface area contributed by atoms with Crippen molar-refractivity contribution in [2.75, 3.05) is 33.7 Å². The summed E-state index contributed by atoms with van der Waals surface area (Å²) in [7, 11) is 3.99. The van der Waals surface area contributed by atoms with E-state index >= 15 is 0 Å². The molecule has 0 N–H and O–H groups in total. The molecule has 1 saturated heterocycles. The molecule has 1 aliphatic rings. The average Bonchev–Trinajstić information content (AvgIpc) is 2.51. The van der Waals surface area contributed by atoms with Gasteiger partial charge >= 0.3 is 0 Å². The molecule has 80 valence electrons. The van der Waals surface area contributed by atoms with Crippen LogP contribution in [-0.2, 0) is 4.79 Å². The maximum absolute atomic E-state index is 11.6. The molecular weight excluding hydrogens is 176 g/mol. The average molecular weight is 196 g/mol. The zero-order chi connectivity index (χ0) is 10.6. The van der Waals surface area contributed by atoms with Crippen LogP contribution >= 0.6 is 0 Å². The zero-order valence-corrected chi connectivity index (χ0v) is 9.36. The van der Waals surface area contributed by atoms with E-state index in [2.05, 4.69) is 6.92 Å². The van der Waals surface area contributed by atoms with Crippen LogP contribution in [0, 0.1) is 5.92 Å². The molecule has 0 aromatic carbocycles. The summed E-state index contributed by atoms with van der Waals surface area (Å²) in [6.07, 6.45) is 4.76. The molecule has 3 heteroatoms. The first-order chi connectivity index (χ1) is 6.59. The highest BCUT2D eigenvalue weighted by Gasteiger charge is 2.21. The summed E-state index contributed by atoms with van der Waals surface area (Å²) in [6, 6.07) is 0. The predicted octanol–water partition coefficient (Wildman–Crippen LogP) is 0.973. The molecule has 0 saturated carbocycles. The Morgan fingerprint density at radius 2 is 2.29 bits per heavy atom. The second-order valence-electron chi connectivity index (χ2n) is 4.34. The third kappa shape index (κ3) is 3.50. The highest BCUT2D eigenvalue weighted by molar-refractivity contribution is 5.87. The van der Waals surface area contributed by atoms with Gasteiger partial charge < -0.3 is 9.80 Å². The maximum Gasteiger partial charge on any atom is 0.246 e. The first-order valence-corrected chi connectivity index (χ1v) is 5.19. The maximum atomic E-state index is 11.6. The summed E-state index contributed by atoms with van der Waals surface area (Å²) in [5.41, 5.74) is 0. The summed E-state index contributed by atoms with van der Waals surface area (Å²) in [4.78, 5) is 15.6. The van der Waals surface area contributed by atoms with Gasteiger partial charge in [-0.15, -0.1) is 0 Å². The Morgan fingerprint density at radius 1 is 1.57 bits per heavy atom. The molecule has 0 aromatic heterocycles. The quantitative estimate of drug-likeness (QED) is 0.628. The molecular formula is C11H20N2O. The second-order valence-corrected chi connectivity index (χ2v) is 4.34. The fourth-order valence-electron chi connectivity index (χ4n) is 1.60. The monoisotopic (exact) mass is 196 g/mol. The van der Waals surface area contributed by atoms with Crippen LogP contribution in [0.2, 0.25) is 0 Å². The van der Waals surface area contributed by atoms with E-state index in [9.17, 15) is 4.79 Å². The van der Waals surface area contributed by atoms with Crippen molar-refractivity contribution in [3.8, 4) is 0 Å². The zero-order valence-electron chi connectivity index (χ0n) is 9.36. The molecule has 0 unspecified atom stereocenters. The largest absolute Gasteiger partial charge is 0.339 e. The van der Waals surface area contributed by atoms with Crippen LogP contribution in [0.15, 0.2) is 12.2 Å². The van der Waals surface area contributed by atoms with Gasteiger partial charge in [0.15, 0.2) is 0 Å². The lowest BCUT2D eigenvalue weighted by Gasteiger charge is -2.13. The van der Waals surface area contributed by atoms with E-state index in [4.69, 9.17) is 0 Å². The molecule has 1 fully saturated rings. The number of rotatable bonds is 3. The molecule has 1 atom stereocenters. The predicted molar refractivity (Wildman–Crippen MR) is 58.1 cm³/mol. The van der Waals surface area contributed by atoms with E-state index in [1.54, 1.807) is 6.08 Å². The van der Waals surface area contributed by atoms with E-state index in [-0.39, 0.29) is 5.91 Å². The number of likely N-dealkylation sites (tertiary alicyclic amines) is 1. The molecule has 0 bridgehead atoms. The van der Waals surface area contributed by atoms with E-state index in [1.807, 2.05) is 30.0 Å². The van der Waals surface area contributed by atoms with E-state index in [0.717, 1.165) is 26.1 Å². The van der Waals surface area contributed by atoms with E-state index in [0.29, 0.717) is 5.92 Å². The van der Waals surface area contributed by atoms with Crippen molar-refractivity contribution in [2.45, 2.75) is 13.3 Å². The first kappa shape index (κ1) is 11.2. The smallest absolute Gasteiger partial charge is 0.246 e. The van der Waals surface area contributed by atoms with Gasteiger partial charge in [-0.1, -0.05) is 13.0 Å². The van der Waals surface area contributed by atoms with Gasteiger partial charge in [0, 0.05) is 25.7 Å². The van der Waals surface area contributed by atoms with Gasteiger partial charge in [0.2, 0.25) is 5.91 Å². The van der Waals surface area contributed by atoms with Crippen molar-refractivity contribution in [1.29, 1.82) is 0 Å². The molecule has 1 heterocycles. The number of carbonyl (C=O) groups excluding carboxylic acids is 1. The standard InChI is InChI=1S/C11H20N2O/c1-10-6-8-13(9-10)11(14)5-4-7-12(2)3/h4-5,10H,6-9H2,1-3H3/b5-4+/t10-/m0/s1. The molecule has 1 amide bonds. The number of nitrogens with zero attached hydrogens (tertiary/aromatic N) is 2. The van der Waals surface area contributed by atoms with Crippen molar-refractivity contribution in [2.24, 2.45) is 5.92 Å². The number of hydrogen-bond donors (Lipinski definition) is 0. The fraction of sp³-hybridized carbons (Fsp3) is 0.727. The highest BCUT2D eigenvalue weighted by Crippen LogP contribution is 2.14. The van der Waals surface area contributed by atoms with E-state index in [1.165, 1.54) is 0 Å². The Balaban J connectivity index is 2.31. The van der Waals surface area contributed by atoms with Gasteiger partial charge in [-0.25, -0.2) is 0 Å². The minimum atomic E-state index is 0.163. The summed E-state index contributed by atoms with van der Waals surface area (Å²) in [6.45, 7) is 4.86. The number of hydrogen-bond acceptors (Lipinski definition) is 2. The van der Waals surface area contributed by atoms with Crippen molar-refractivity contribution in [1.82, 2.24) is 9.80 Å². The van der Waals surface area contributed by atoms with Gasteiger partial charge in [0.25, 0.3) is 0 Å². The number of carbonyl (C=O) groups is 1. The van der Waals surface area contributed by atoms with Crippen LogP contribution in [0.1, 0.15) is 13.3 Å².